The number of carbonyl (C=O) groups is 1. The van der Waals surface area contributed by atoms with Crippen LogP contribution in [0, 0.1) is 5.92 Å². The number of rotatable bonds is 3. The van der Waals surface area contributed by atoms with E-state index in [2.05, 4.69) is 22.8 Å². The van der Waals surface area contributed by atoms with Crippen LogP contribution in [-0.4, -0.2) is 12.5 Å². The smallest absolute Gasteiger partial charge is 0.224 e. The molecular formula is C17H24N2O. The number of fused-ring (bicyclic) bond motifs is 1. The molecule has 2 N–H and O–H groups in total. The number of hydrogen-bond acceptors (Lipinski definition) is 2. The Balaban J connectivity index is 1.55. The summed E-state index contributed by atoms with van der Waals surface area (Å²) >= 11 is 0. The van der Waals surface area contributed by atoms with Crippen molar-refractivity contribution in [3.63, 3.8) is 0 Å². The molecule has 1 saturated carbocycles. The second-order valence-electron chi connectivity index (χ2n) is 6.16. The molecule has 1 aromatic rings. The van der Waals surface area contributed by atoms with Gasteiger partial charge in [0.25, 0.3) is 0 Å². The van der Waals surface area contributed by atoms with Crippen LogP contribution in [0.2, 0.25) is 0 Å². The van der Waals surface area contributed by atoms with E-state index in [1.807, 2.05) is 6.07 Å². The van der Waals surface area contributed by atoms with Gasteiger partial charge in [-0.25, -0.2) is 0 Å². The maximum absolute atomic E-state index is 12.2. The molecule has 1 aliphatic heterocycles. The lowest BCUT2D eigenvalue weighted by molar-refractivity contribution is -0.117. The van der Waals surface area contributed by atoms with Crippen molar-refractivity contribution in [1.82, 2.24) is 0 Å². The number of amides is 1. The third kappa shape index (κ3) is 3.33. The van der Waals surface area contributed by atoms with E-state index in [9.17, 15) is 4.79 Å². The summed E-state index contributed by atoms with van der Waals surface area (Å²) in [5.74, 6) is 0.774. The summed E-state index contributed by atoms with van der Waals surface area (Å²) in [6.07, 6.45) is 9.47. The van der Waals surface area contributed by atoms with E-state index >= 15 is 0 Å². The van der Waals surface area contributed by atoms with Crippen LogP contribution in [0.5, 0.6) is 0 Å². The first kappa shape index (κ1) is 13.5. The predicted molar refractivity (Wildman–Crippen MR) is 83.1 cm³/mol. The van der Waals surface area contributed by atoms with Crippen LogP contribution in [0.25, 0.3) is 0 Å². The number of carbonyl (C=O) groups excluding carboxylic acids is 1. The normalized spacial score (nSPS) is 19.0. The van der Waals surface area contributed by atoms with E-state index in [-0.39, 0.29) is 5.91 Å². The fraction of sp³-hybridized carbons (Fsp3) is 0.588. The Morgan fingerprint density at radius 2 is 2.00 bits per heavy atom. The molecule has 1 amide bonds. The van der Waals surface area contributed by atoms with Crippen molar-refractivity contribution in [2.75, 3.05) is 17.2 Å². The first-order valence-electron chi connectivity index (χ1n) is 7.98. The van der Waals surface area contributed by atoms with Gasteiger partial charge in [0.1, 0.15) is 0 Å². The SMILES string of the molecule is O=C(CC1CCCCCC1)Nc1ccc2c(c1)CCN2. The monoisotopic (exact) mass is 272 g/mol. The molecule has 0 atom stereocenters. The van der Waals surface area contributed by atoms with Crippen molar-refractivity contribution < 1.29 is 4.79 Å². The quantitative estimate of drug-likeness (QED) is 0.818. The highest BCUT2D eigenvalue weighted by atomic mass is 16.1. The van der Waals surface area contributed by atoms with Gasteiger partial charge < -0.3 is 10.6 Å². The Labute approximate surface area is 121 Å². The van der Waals surface area contributed by atoms with E-state index in [1.54, 1.807) is 0 Å². The first-order valence-corrected chi connectivity index (χ1v) is 7.98. The molecule has 2 aliphatic rings. The van der Waals surface area contributed by atoms with Crippen molar-refractivity contribution in [3.8, 4) is 0 Å². The molecule has 20 heavy (non-hydrogen) atoms. The Kier molecular flexibility index (Phi) is 4.24. The van der Waals surface area contributed by atoms with Crippen LogP contribution in [-0.2, 0) is 11.2 Å². The van der Waals surface area contributed by atoms with Gasteiger partial charge >= 0.3 is 0 Å². The lowest BCUT2D eigenvalue weighted by atomic mass is 9.96. The van der Waals surface area contributed by atoms with Crippen molar-refractivity contribution in [2.45, 2.75) is 51.4 Å². The second kappa shape index (κ2) is 6.29. The molecule has 1 fully saturated rings. The average molecular weight is 272 g/mol. The Morgan fingerprint density at radius 1 is 1.20 bits per heavy atom. The summed E-state index contributed by atoms with van der Waals surface area (Å²) in [5.41, 5.74) is 3.48. The van der Waals surface area contributed by atoms with E-state index in [0.29, 0.717) is 12.3 Å². The van der Waals surface area contributed by atoms with E-state index in [0.717, 1.165) is 18.7 Å². The van der Waals surface area contributed by atoms with Crippen LogP contribution in [0.4, 0.5) is 11.4 Å². The Morgan fingerprint density at radius 3 is 2.80 bits per heavy atom. The molecule has 0 radical (unpaired) electrons. The van der Waals surface area contributed by atoms with Gasteiger partial charge in [-0.2, -0.15) is 0 Å². The van der Waals surface area contributed by atoms with E-state index < -0.39 is 0 Å². The zero-order valence-corrected chi connectivity index (χ0v) is 12.1. The third-order valence-corrected chi connectivity index (χ3v) is 4.55. The van der Waals surface area contributed by atoms with E-state index in [4.69, 9.17) is 0 Å². The average Bonchev–Trinajstić information content (AvgIpc) is 2.75. The molecule has 0 spiro atoms. The van der Waals surface area contributed by atoms with Gasteiger partial charge in [0.2, 0.25) is 5.91 Å². The van der Waals surface area contributed by atoms with Crippen LogP contribution in [0.15, 0.2) is 18.2 Å². The number of nitrogens with one attached hydrogen (secondary N) is 2. The molecule has 0 bridgehead atoms. The lowest BCUT2D eigenvalue weighted by Gasteiger charge is -2.14. The van der Waals surface area contributed by atoms with Crippen LogP contribution in [0.3, 0.4) is 0 Å². The number of hydrogen-bond donors (Lipinski definition) is 2. The van der Waals surface area contributed by atoms with Crippen LogP contribution < -0.4 is 10.6 Å². The lowest BCUT2D eigenvalue weighted by Crippen LogP contribution is -2.16. The maximum Gasteiger partial charge on any atom is 0.224 e. The summed E-state index contributed by atoms with van der Waals surface area (Å²) in [4.78, 5) is 12.2. The highest BCUT2D eigenvalue weighted by Gasteiger charge is 2.17. The molecule has 1 aromatic carbocycles. The number of benzene rings is 1. The fourth-order valence-electron chi connectivity index (χ4n) is 3.42. The third-order valence-electron chi connectivity index (χ3n) is 4.55. The zero-order chi connectivity index (χ0) is 13.8. The standard InChI is InChI=1S/C17H24N2O/c20-17(11-13-5-3-1-2-4-6-13)19-15-7-8-16-14(12-15)9-10-18-16/h7-8,12-13,18H,1-6,9-11H2,(H,19,20). The molecule has 1 heterocycles. The van der Waals surface area contributed by atoms with Crippen molar-refractivity contribution in [2.24, 2.45) is 5.92 Å². The minimum absolute atomic E-state index is 0.183. The molecule has 108 valence electrons. The largest absolute Gasteiger partial charge is 0.384 e. The van der Waals surface area contributed by atoms with E-state index in [1.165, 1.54) is 49.8 Å². The minimum atomic E-state index is 0.183. The van der Waals surface area contributed by atoms with Gasteiger partial charge in [-0.15, -0.1) is 0 Å². The second-order valence-corrected chi connectivity index (χ2v) is 6.16. The van der Waals surface area contributed by atoms with Crippen LogP contribution in [0.1, 0.15) is 50.5 Å². The predicted octanol–water partition coefficient (Wildman–Crippen LogP) is 3.95. The fourth-order valence-corrected chi connectivity index (χ4v) is 3.42. The Hall–Kier alpha value is -1.51. The zero-order valence-electron chi connectivity index (χ0n) is 12.1. The molecule has 0 aromatic heterocycles. The van der Waals surface area contributed by atoms with Crippen molar-refractivity contribution >= 4 is 17.3 Å². The summed E-state index contributed by atoms with van der Waals surface area (Å²) in [5, 5.41) is 6.41. The van der Waals surface area contributed by atoms with Gasteiger partial charge in [-0.05, 0) is 48.9 Å². The van der Waals surface area contributed by atoms with Gasteiger partial charge in [-0.3, -0.25) is 4.79 Å². The Bertz CT molecular complexity index is 476. The highest BCUT2D eigenvalue weighted by Crippen LogP contribution is 2.27. The first-order chi connectivity index (χ1) is 9.81. The molecule has 1 aliphatic carbocycles. The minimum Gasteiger partial charge on any atom is -0.384 e. The van der Waals surface area contributed by atoms with Crippen LogP contribution >= 0.6 is 0 Å². The maximum atomic E-state index is 12.2. The molecule has 3 rings (SSSR count). The molecule has 3 nitrogen and oxygen atoms in total. The van der Waals surface area contributed by atoms with Gasteiger partial charge in [0, 0.05) is 24.3 Å². The molecule has 0 unspecified atom stereocenters. The summed E-state index contributed by atoms with van der Waals surface area (Å²) in [6.45, 7) is 1.01. The topological polar surface area (TPSA) is 41.1 Å². The van der Waals surface area contributed by atoms with Crippen molar-refractivity contribution in [3.05, 3.63) is 23.8 Å². The molecular weight excluding hydrogens is 248 g/mol. The summed E-state index contributed by atoms with van der Waals surface area (Å²) < 4.78 is 0. The molecule has 3 heteroatoms. The molecule has 0 saturated heterocycles. The summed E-state index contributed by atoms with van der Waals surface area (Å²) in [6, 6.07) is 6.19. The highest BCUT2D eigenvalue weighted by molar-refractivity contribution is 5.91. The van der Waals surface area contributed by atoms with Gasteiger partial charge in [0.15, 0.2) is 0 Å². The summed E-state index contributed by atoms with van der Waals surface area (Å²) in [7, 11) is 0. The number of anilines is 2. The van der Waals surface area contributed by atoms with Gasteiger partial charge in [0.05, 0.1) is 0 Å². The van der Waals surface area contributed by atoms with Gasteiger partial charge in [-0.1, -0.05) is 25.7 Å². The van der Waals surface area contributed by atoms with Crippen molar-refractivity contribution in [1.29, 1.82) is 0 Å².